The highest BCUT2D eigenvalue weighted by Gasteiger charge is 2.39. The van der Waals surface area contributed by atoms with Crippen LogP contribution in [0.3, 0.4) is 0 Å². The standard InChI is InChI=1S/C20H23N3O6S2/c1-21(2)31(27,28)15-8-9-16-14(12-15)10-11-22(16)20(24)19-13-23(30(3,25)26)17-6-4-5-7-18(17)29-19/h4-9,12,19H,10-11,13H2,1-3H3/t19-/m1/s1. The molecule has 0 saturated heterocycles. The second kappa shape index (κ2) is 7.50. The fourth-order valence-corrected chi connectivity index (χ4v) is 5.66. The molecule has 0 saturated carbocycles. The maximum absolute atomic E-state index is 13.3. The molecule has 2 aromatic carbocycles. The Morgan fingerprint density at radius 1 is 1.06 bits per heavy atom. The van der Waals surface area contributed by atoms with Crippen molar-refractivity contribution in [2.75, 3.05) is 42.6 Å². The summed E-state index contributed by atoms with van der Waals surface area (Å²) in [5.74, 6) is -0.0468. The van der Waals surface area contributed by atoms with Crippen LogP contribution in [0, 0.1) is 0 Å². The van der Waals surface area contributed by atoms with E-state index in [1.165, 1.54) is 29.4 Å². The van der Waals surface area contributed by atoms with Gasteiger partial charge < -0.3 is 9.64 Å². The lowest BCUT2D eigenvalue weighted by Gasteiger charge is -2.35. The van der Waals surface area contributed by atoms with Gasteiger partial charge >= 0.3 is 0 Å². The van der Waals surface area contributed by atoms with E-state index in [-0.39, 0.29) is 17.3 Å². The Labute approximate surface area is 181 Å². The van der Waals surface area contributed by atoms with Crippen molar-refractivity contribution in [1.29, 1.82) is 0 Å². The number of ether oxygens (including phenoxy) is 1. The number of rotatable bonds is 4. The molecular weight excluding hydrogens is 442 g/mol. The molecule has 0 N–H and O–H groups in total. The maximum atomic E-state index is 13.3. The average molecular weight is 466 g/mol. The molecule has 2 aliphatic rings. The van der Waals surface area contributed by atoms with Gasteiger partial charge in [-0.3, -0.25) is 9.10 Å². The summed E-state index contributed by atoms with van der Waals surface area (Å²) in [4.78, 5) is 15.0. The molecule has 0 fully saturated rings. The summed E-state index contributed by atoms with van der Waals surface area (Å²) >= 11 is 0. The Bertz CT molecular complexity index is 1260. The van der Waals surface area contributed by atoms with Gasteiger partial charge in [0, 0.05) is 26.3 Å². The predicted octanol–water partition coefficient (Wildman–Crippen LogP) is 1.05. The van der Waals surface area contributed by atoms with E-state index < -0.39 is 26.2 Å². The number of carbonyl (C=O) groups is 1. The normalized spacial score (nSPS) is 18.5. The first-order chi connectivity index (χ1) is 14.5. The first-order valence-electron chi connectivity index (χ1n) is 9.60. The van der Waals surface area contributed by atoms with Crippen molar-refractivity contribution in [3.8, 4) is 5.75 Å². The predicted molar refractivity (Wildman–Crippen MR) is 116 cm³/mol. The molecule has 2 heterocycles. The molecule has 31 heavy (non-hydrogen) atoms. The minimum absolute atomic E-state index is 0.131. The maximum Gasteiger partial charge on any atom is 0.269 e. The Morgan fingerprint density at radius 2 is 1.77 bits per heavy atom. The van der Waals surface area contributed by atoms with Crippen LogP contribution in [0.1, 0.15) is 5.56 Å². The van der Waals surface area contributed by atoms with Gasteiger partial charge in [-0.1, -0.05) is 12.1 Å². The molecule has 2 aromatic rings. The number of hydrogen-bond donors (Lipinski definition) is 0. The molecule has 0 aliphatic carbocycles. The van der Waals surface area contributed by atoms with Gasteiger partial charge in [0.1, 0.15) is 5.75 Å². The minimum Gasteiger partial charge on any atom is -0.476 e. The molecule has 0 aromatic heterocycles. The largest absolute Gasteiger partial charge is 0.476 e. The summed E-state index contributed by atoms with van der Waals surface area (Å²) in [6, 6.07) is 11.3. The zero-order valence-corrected chi connectivity index (χ0v) is 19.0. The Morgan fingerprint density at radius 3 is 2.45 bits per heavy atom. The third-order valence-corrected chi connectivity index (χ3v) is 8.36. The first kappa shape index (κ1) is 21.6. The molecule has 1 atom stereocenters. The van der Waals surface area contributed by atoms with Gasteiger partial charge in [0.2, 0.25) is 20.0 Å². The zero-order valence-electron chi connectivity index (χ0n) is 17.3. The Balaban J connectivity index is 1.64. The van der Waals surface area contributed by atoms with E-state index in [2.05, 4.69) is 0 Å². The van der Waals surface area contributed by atoms with E-state index in [0.717, 1.165) is 16.1 Å². The summed E-state index contributed by atoms with van der Waals surface area (Å²) in [6.07, 6.45) is 0.576. The molecule has 0 spiro atoms. The second-order valence-electron chi connectivity index (χ2n) is 7.69. The van der Waals surface area contributed by atoms with Crippen molar-refractivity contribution in [3.63, 3.8) is 0 Å². The van der Waals surface area contributed by atoms with Gasteiger partial charge in [0.05, 0.1) is 23.4 Å². The fraction of sp³-hybridized carbons (Fsp3) is 0.350. The van der Waals surface area contributed by atoms with Crippen LogP contribution in [0.15, 0.2) is 47.4 Å². The summed E-state index contributed by atoms with van der Waals surface area (Å²) in [6.45, 7) is 0.230. The minimum atomic E-state index is -3.61. The van der Waals surface area contributed by atoms with Crippen LogP contribution in [-0.4, -0.2) is 66.6 Å². The second-order valence-corrected chi connectivity index (χ2v) is 11.7. The molecule has 166 valence electrons. The third-order valence-electron chi connectivity index (χ3n) is 5.40. The molecule has 9 nitrogen and oxygen atoms in total. The van der Waals surface area contributed by atoms with Crippen LogP contribution in [0.2, 0.25) is 0 Å². The van der Waals surface area contributed by atoms with E-state index in [4.69, 9.17) is 4.74 Å². The van der Waals surface area contributed by atoms with Crippen molar-refractivity contribution >= 4 is 37.3 Å². The van der Waals surface area contributed by atoms with E-state index in [9.17, 15) is 21.6 Å². The molecule has 0 radical (unpaired) electrons. The Kier molecular flexibility index (Phi) is 5.23. The molecule has 0 bridgehead atoms. The fourth-order valence-electron chi connectivity index (χ4n) is 3.80. The smallest absolute Gasteiger partial charge is 0.269 e. The van der Waals surface area contributed by atoms with Crippen LogP contribution < -0.4 is 13.9 Å². The highest BCUT2D eigenvalue weighted by Crippen LogP contribution is 2.37. The van der Waals surface area contributed by atoms with Crippen molar-refractivity contribution in [1.82, 2.24) is 4.31 Å². The molecule has 0 unspecified atom stereocenters. The molecular formula is C20H23N3O6S2. The number of amides is 1. The number of nitrogens with zero attached hydrogens (tertiary/aromatic N) is 3. The SMILES string of the molecule is CN(C)S(=O)(=O)c1ccc2c(c1)CCN2C(=O)[C@H]1CN(S(C)(=O)=O)c2ccccc2O1. The lowest BCUT2D eigenvalue weighted by atomic mass is 10.1. The van der Waals surface area contributed by atoms with E-state index in [1.54, 1.807) is 36.4 Å². The van der Waals surface area contributed by atoms with Crippen LogP contribution in [-0.2, 0) is 31.3 Å². The lowest BCUT2D eigenvalue weighted by Crippen LogP contribution is -2.51. The van der Waals surface area contributed by atoms with Crippen molar-refractivity contribution in [3.05, 3.63) is 48.0 Å². The molecule has 1 amide bonds. The highest BCUT2D eigenvalue weighted by molar-refractivity contribution is 7.92. The van der Waals surface area contributed by atoms with Crippen LogP contribution in [0.25, 0.3) is 0 Å². The number of anilines is 2. The first-order valence-corrected chi connectivity index (χ1v) is 12.9. The van der Waals surface area contributed by atoms with Crippen molar-refractivity contribution < 1.29 is 26.4 Å². The number of carbonyl (C=O) groups excluding carboxylic acids is 1. The summed E-state index contributed by atoms with van der Waals surface area (Å²) < 4.78 is 57.6. The zero-order chi connectivity index (χ0) is 22.6. The third kappa shape index (κ3) is 3.77. The van der Waals surface area contributed by atoms with E-state index in [0.29, 0.717) is 30.1 Å². The quantitative estimate of drug-likeness (QED) is 0.669. The summed E-state index contributed by atoms with van der Waals surface area (Å²) in [5.41, 5.74) is 1.75. The van der Waals surface area contributed by atoms with Gasteiger partial charge in [-0.2, -0.15) is 0 Å². The summed E-state index contributed by atoms with van der Waals surface area (Å²) in [5, 5.41) is 0. The Hall–Kier alpha value is -2.63. The molecule has 2 aliphatic heterocycles. The number of para-hydroxylation sites is 2. The van der Waals surface area contributed by atoms with Crippen molar-refractivity contribution in [2.24, 2.45) is 0 Å². The highest BCUT2D eigenvalue weighted by atomic mass is 32.2. The van der Waals surface area contributed by atoms with Gasteiger partial charge in [0.25, 0.3) is 5.91 Å². The van der Waals surface area contributed by atoms with Crippen LogP contribution in [0.5, 0.6) is 5.75 Å². The van der Waals surface area contributed by atoms with Gasteiger partial charge in [-0.25, -0.2) is 21.1 Å². The average Bonchev–Trinajstić information content (AvgIpc) is 3.14. The van der Waals surface area contributed by atoms with Crippen molar-refractivity contribution in [2.45, 2.75) is 17.4 Å². The topological polar surface area (TPSA) is 104 Å². The monoisotopic (exact) mass is 465 g/mol. The van der Waals surface area contributed by atoms with Gasteiger partial charge in [0.15, 0.2) is 6.10 Å². The molecule has 11 heteroatoms. The van der Waals surface area contributed by atoms with E-state index in [1.807, 2.05) is 0 Å². The summed E-state index contributed by atoms with van der Waals surface area (Å²) in [7, 11) is -4.27. The van der Waals surface area contributed by atoms with Gasteiger partial charge in [-0.15, -0.1) is 0 Å². The lowest BCUT2D eigenvalue weighted by molar-refractivity contribution is -0.125. The van der Waals surface area contributed by atoms with Crippen LogP contribution >= 0.6 is 0 Å². The number of benzene rings is 2. The molecule has 4 rings (SSSR count). The number of sulfonamides is 2. The van der Waals surface area contributed by atoms with Gasteiger partial charge in [-0.05, 0) is 42.3 Å². The number of fused-ring (bicyclic) bond motifs is 2. The number of hydrogen-bond acceptors (Lipinski definition) is 6. The van der Waals surface area contributed by atoms with Crippen LogP contribution in [0.4, 0.5) is 11.4 Å². The van der Waals surface area contributed by atoms with E-state index >= 15 is 0 Å².